The van der Waals surface area contributed by atoms with Crippen LogP contribution in [0.25, 0.3) is 0 Å². The first-order valence-corrected chi connectivity index (χ1v) is 7.53. The summed E-state index contributed by atoms with van der Waals surface area (Å²) in [4.78, 5) is 50.8. The largest absolute Gasteiger partial charge is 0.356 e. The molecule has 124 valence electrons. The number of ketones is 1. The zero-order valence-electron chi connectivity index (χ0n) is 13.0. The number of carbonyl (C=O) groups is 4. The van der Waals surface area contributed by atoms with Crippen molar-refractivity contribution in [3.63, 3.8) is 0 Å². The Morgan fingerprint density at radius 2 is 2.00 bits per heavy atom. The second-order valence-electron chi connectivity index (χ2n) is 5.49. The molecule has 0 unspecified atom stereocenters. The molecule has 0 aromatic carbocycles. The van der Waals surface area contributed by atoms with Gasteiger partial charge in [-0.3, -0.25) is 30.0 Å². The molecule has 1 aliphatic rings. The number of hydrogen-bond donors (Lipinski definition) is 3. The molecule has 1 saturated heterocycles. The number of carbonyl (C=O) groups excluding carboxylic acids is 4. The van der Waals surface area contributed by atoms with E-state index >= 15 is 0 Å². The zero-order chi connectivity index (χ0) is 16.8. The van der Waals surface area contributed by atoms with Crippen LogP contribution in [0.5, 0.6) is 0 Å². The van der Waals surface area contributed by atoms with Gasteiger partial charge in [0.2, 0.25) is 5.91 Å². The minimum atomic E-state index is -0.562. The van der Waals surface area contributed by atoms with E-state index in [0.29, 0.717) is 18.5 Å². The van der Waals surface area contributed by atoms with Crippen LogP contribution >= 0.6 is 0 Å². The first-order valence-electron chi connectivity index (χ1n) is 7.53. The molecule has 0 bridgehead atoms. The minimum absolute atomic E-state index is 0.0422. The molecule has 1 aromatic heterocycles. The number of aromatic nitrogens is 1. The number of aromatic amines is 1. The van der Waals surface area contributed by atoms with Gasteiger partial charge in [0.25, 0.3) is 11.8 Å². The second-order valence-corrected chi connectivity index (χ2v) is 5.49. The number of H-pyrrole nitrogens is 1. The third-order valence-electron chi connectivity index (χ3n) is 3.66. The number of likely N-dealkylation sites (tertiary alicyclic amines) is 1. The number of Topliss-reactive ketones (excluding diaryl/α,β-unsaturated/α-hetero) is 1. The van der Waals surface area contributed by atoms with Crippen LogP contribution in [0.2, 0.25) is 0 Å². The molecule has 8 heteroatoms. The summed E-state index contributed by atoms with van der Waals surface area (Å²) in [7, 11) is 0. The minimum Gasteiger partial charge on any atom is -0.356 e. The maximum atomic E-state index is 11.8. The Labute approximate surface area is 133 Å². The number of nitrogens with one attached hydrogen (secondary N) is 3. The number of nitrogens with zero attached hydrogens (tertiary/aromatic N) is 1. The molecular weight excluding hydrogens is 300 g/mol. The average Bonchev–Trinajstić information content (AvgIpc) is 2.93. The average molecular weight is 320 g/mol. The third kappa shape index (κ3) is 4.67. The van der Waals surface area contributed by atoms with Crippen LogP contribution in [0, 0.1) is 0 Å². The summed E-state index contributed by atoms with van der Waals surface area (Å²) in [6.45, 7) is 1.87. The fraction of sp³-hybridized carbons (Fsp3) is 0.467. The topological polar surface area (TPSA) is 111 Å². The van der Waals surface area contributed by atoms with Crippen molar-refractivity contribution in [2.24, 2.45) is 0 Å². The predicted molar refractivity (Wildman–Crippen MR) is 81.5 cm³/mol. The molecule has 23 heavy (non-hydrogen) atoms. The molecule has 1 aliphatic heterocycles. The highest BCUT2D eigenvalue weighted by molar-refractivity contribution is 5.99. The van der Waals surface area contributed by atoms with Crippen molar-refractivity contribution in [3.8, 4) is 0 Å². The van der Waals surface area contributed by atoms with E-state index in [0.717, 1.165) is 19.3 Å². The molecule has 1 aromatic rings. The van der Waals surface area contributed by atoms with E-state index in [1.165, 1.54) is 24.1 Å². The second kappa shape index (κ2) is 7.57. The number of rotatable bonds is 4. The molecule has 2 heterocycles. The molecule has 0 atom stereocenters. The molecule has 2 rings (SSSR count). The Bertz CT molecular complexity index is 623. The molecule has 8 nitrogen and oxygen atoms in total. The molecule has 1 fully saturated rings. The van der Waals surface area contributed by atoms with Crippen molar-refractivity contribution in [2.45, 2.75) is 32.6 Å². The van der Waals surface area contributed by atoms with E-state index in [1.807, 2.05) is 0 Å². The number of hydrogen-bond acceptors (Lipinski definition) is 4. The Morgan fingerprint density at radius 1 is 1.22 bits per heavy atom. The summed E-state index contributed by atoms with van der Waals surface area (Å²) in [5.41, 5.74) is 5.08. The van der Waals surface area contributed by atoms with Crippen LogP contribution in [0.1, 0.15) is 53.5 Å². The van der Waals surface area contributed by atoms with Crippen molar-refractivity contribution in [1.82, 2.24) is 20.7 Å². The van der Waals surface area contributed by atoms with Crippen LogP contribution in [-0.4, -0.2) is 46.5 Å². The SMILES string of the molecule is CC(=O)c1c[nH]c(C(=O)NNC(=O)CN2CCCCCC2=O)c1. The van der Waals surface area contributed by atoms with Crippen LogP contribution < -0.4 is 10.9 Å². The van der Waals surface area contributed by atoms with Crippen LogP contribution in [0.15, 0.2) is 12.3 Å². The van der Waals surface area contributed by atoms with Gasteiger partial charge in [0, 0.05) is 24.7 Å². The standard InChI is InChI=1S/C15H20N4O4/c1-10(20)11-7-12(16-8-11)15(23)18-17-13(21)9-19-6-4-2-3-5-14(19)22/h7-8,16H,2-6,9H2,1H3,(H,17,21)(H,18,23). The Kier molecular flexibility index (Phi) is 5.51. The predicted octanol–water partition coefficient (Wildman–Crippen LogP) is 0.381. The molecule has 0 aliphatic carbocycles. The Morgan fingerprint density at radius 3 is 2.70 bits per heavy atom. The fourth-order valence-electron chi connectivity index (χ4n) is 2.34. The maximum Gasteiger partial charge on any atom is 0.286 e. The van der Waals surface area contributed by atoms with Gasteiger partial charge in [-0.15, -0.1) is 0 Å². The zero-order valence-corrected chi connectivity index (χ0v) is 13.0. The lowest BCUT2D eigenvalue weighted by Crippen LogP contribution is -2.47. The van der Waals surface area contributed by atoms with Crippen LogP contribution in [0.4, 0.5) is 0 Å². The van der Waals surface area contributed by atoms with Gasteiger partial charge in [-0.05, 0) is 25.8 Å². The summed E-state index contributed by atoms with van der Waals surface area (Å²) in [5, 5.41) is 0. The molecule has 0 radical (unpaired) electrons. The van der Waals surface area contributed by atoms with E-state index in [-0.39, 0.29) is 23.9 Å². The monoisotopic (exact) mass is 320 g/mol. The van der Waals surface area contributed by atoms with E-state index in [2.05, 4.69) is 15.8 Å². The van der Waals surface area contributed by atoms with Gasteiger partial charge in [-0.2, -0.15) is 0 Å². The smallest absolute Gasteiger partial charge is 0.286 e. The van der Waals surface area contributed by atoms with Gasteiger partial charge in [0.05, 0.1) is 0 Å². The van der Waals surface area contributed by atoms with Crippen molar-refractivity contribution in [1.29, 1.82) is 0 Å². The molecule has 3 N–H and O–H groups in total. The maximum absolute atomic E-state index is 11.8. The summed E-state index contributed by atoms with van der Waals surface area (Å²) < 4.78 is 0. The third-order valence-corrected chi connectivity index (χ3v) is 3.66. The van der Waals surface area contributed by atoms with Gasteiger partial charge < -0.3 is 9.88 Å². The molecular formula is C15H20N4O4. The highest BCUT2D eigenvalue weighted by Crippen LogP contribution is 2.10. The normalized spacial score (nSPS) is 15.0. The first kappa shape index (κ1) is 16.7. The van der Waals surface area contributed by atoms with Gasteiger partial charge in [0.1, 0.15) is 12.2 Å². The number of hydrazine groups is 1. The van der Waals surface area contributed by atoms with Gasteiger partial charge in [-0.1, -0.05) is 6.42 Å². The van der Waals surface area contributed by atoms with E-state index in [1.54, 1.807) is 0 Å². The molecule has 0 spiro atoms. The van der Waals surface area contributed by atoms with Crippen LogP contribution in [-0.2, 0) is 9.59 Å². The molecule has 0 saturated carbocycles. The fourth-order valence-corrected chi connectivity index (χ4v) is 2.34. The highest BCUT2D eigenvalue weighted by atomic mass is 16.2. The lowest BCUT2D eigenvalue weighted by Gasteiger charge is -2.19. The summed E-state index contributed by atoms with van der Waals surface area (Å²) in [5.74, 6) is -1.23. The summed E-state index contributed by atoms with van der Waals surface area (Å²) in [6, 6.07) is 1.40. The lowest BCUT2D eigenvalue weighted by molar-refractivity contribution is -0.135. The lowest BCUT2D eigenvalue weighted by atomic mass is 10.2. The quantitative estimate of drug-likeness (QED) is 0.550. The van der Waals surface area contributed by atoms with Crippen LogP contribution in [0.3, 0.4) is 0 Å². The van der Waals surface area contributed by atoms with Crippen molar-refractivity contribution in [3.05, 3.63) is 23.5 Å². The van der Waals surface area contributed by atoms with E-state index in [9.17, 15) is 19.2 Å². The first-order chi connectivity index (χ1) is 11.0. The Balaban J connectivity index is 1.82. The van der Waals surface area contributed by atoms with Gasteiger partial charge in [0.15, 0.2) is 5.78 Å². The van der Waals surface area contributed by atoms with Crippen molar-refractivity contribution >= 4 is 23.5 Å². The van der Waals surface area contributed by atoms with Gasteiger partial charge >= 0.3 is 0 Å². The summed E-state index contributed by atoms with van der Waals surface area (Å²) in [6.07, 6.45) is 4.58. The van der Waals surface area contributed by atoms with E-state index in [4.69, 9.17) is 0 Å². The highest BCUT2D eigenvalue weighted by Gasteiger charge is 2.19. The summed E-state index contributed by atoms with van der Waals surface area (Å²) >= 11 is 0. The van der Waals surface area contributed by atoms with E-state index < -0.39 is 11.8 Å². The van der Waals surface area contributed by atoms with Crippen molar-refractivity contribution in [2.75, 3.05) is 13.1 Å². The number of amides is 3. The van der Waals surface area contributed by atoms with Gasteiger partial charge in [-0.25, -0.2) is 0 Å². The molecule has 3 amide bonds. The Hall–Kier alpha value is -2.64. The van der Waals surface area contributed by atoms with Crippen molar-refractivity contribution < 1.29 is 19.2 Å².